The Morgan fingerprint density at radius 1 is 0.884 bits per heavy atom. The number of piperazine rings is 1. The molecule has 0 radical (unpaired) electrons. The van der Waals surface area contributed by atoms with Crippen LogP contribution >= 0.6 is 0 Å². The van der Waals surface area contributed by atoms with Crippen molar-refractivity contribution in [2.24, 2.45) is 0 Å². The molecule has 228 valence electrons. The quantitative estimate of drug-likeness (QED) is 0.354. The number of benzene rings is 3. The Balaban J connectivity index is 1.23. The molecule has 2 heterocycles. The number of nitrogens with zero attached hydrogens (tertiary/aromatic N) is 3. The van der Waals surface area contributed by atoms with E-state index in [-0.39, 0.29) is 13.1 Å². The number of alkyl halides is 3. The van der Waals surface area contributed by atoms with E-state index >= 15 is 0 Å². The van der Waals surface area contributed by atoms with Gasteiger partial charge in [-0.1, -0.05) is 48.5 Å². The van der Waals surface area contributed by atoms with Crippen molar-refractivity contribution in [3.63, 3.8) is 0 Å². The predicted octanol–water partition coefficient (Wildman–Crippen LogP) is 6.44. The van der Waals surface area contributed by atoms with Crippen LogP contribution in [0.1, 0.15) is 43.0 Å². The number of ether oxygens (including phenoxy) is 1. The lowest BCUT2D eigenvalue weighted by Crippen LogP contribution is -2.58. The highest BCUT2D eigenvalue weighted by Gasteiger charge is 2.37. The monoisotopic (exact) mass is 595 g/mol. The summed E-state index contributed by atoms with van der Waals surface area (Å²) in [6.45, 7) is 7.96. The van der Waals surface area contributed by atoms with Crippen LogP contribution in [0.15, 0.2) is 66.7 Å². The normalized spacial score (nSPS) is 17.6. The Bertz CT molecular complexity index is 1480. The van der Waals surface area contributed by atoms with Gasteiger partial charge in [-0.2, -0.15) is 13.2 Å². The molecule has 2 aliphatic heterocycles. The lowest BCUT2D eigenvalue weighted by Gasteiger charge is -2.39. The fourth-order valence-electron chi connectivity index (χ4n) is 5.65. The van der Waals surface area contributed by atoms with Crippen molar-refractivity contribution in [3.8, 4) is 11.1 Å². The van der Waals surface area contributed by atoms with Gasteiger partial charge in [0.2, 0.25) is 0 Å². The molecule has 43 heavy (non-hydrogen) atoms. The highest BCUT2D eigenvalue weighted by Crippen LogP contribution is 2.37. The molecule has 3 aromatic carbocycles. The summed E-state index contributed by atoms with van der Waals surface area (Å²) in [6.07, 6.45) is -4.27. The summed E-state index contributed by atoms with van der Waals surface area (Å²) in [7, 11) is 0. The molecule has 0 spiro atoms. The van der Waals surface area contributed by atoms with Gasteiger partial charge < -0.3 is 14.7 Å². The van der Waals surface area contributed by atoms with E-state index in [1.54, 1.807) is 26.8 Å². The van der Waals surface area contributed by atoms with Crippen molar-refractivity contribution < 1.29 is 32.6 Å². The first-order valence-corrected chi connectivity index (χ1v) is 14.3. The average Bonchev–Trinajstić information content (AvgIpc) is 3.34. The number of hydrogen-bond donors (Lipinski definition) is 1. The SMILES string of the molecule is CC(C)(C)OC(=O)N1CCN(Cc2ccc(-c3cccc(CN4CCc5ccc(C(F)(F)F)cc54)c3)cc2)CC1C(=O)O. The number of rotatable bonds is 6. The summed E-state index contributed by atoms with van der Waals surface area (Å²) in [5, 5.41) is 9.78. The maximum atomic E-state index is 13.3. The number of hydrogen-bond acceptors (Lipinski definition) is 5. The number of carbonyl (C=O) groups excluding carboxylic acids is 1. The van der Waals surface area contributed by atoms with Gasteiger partial charge in [0, 0.05) is 45.0 Å². The molecule has 0 saturated carbocycles. The summed E-state index contributed by atoms with van der Waals surface area (Å²) in [5.41, 5.74) is 4.27. The summed E-state index contributed by atoms with van der Waals surface area (Å²) >= 11 is 0. The third-order valence-corrected chi connectivity index (χ3v) is 7.78. The van der Waals surface area contributed by atoms with Gasteiger partial charge in [0.05, 0.1) is 5.56 Å². The molecule has 10 heteroatoms. The van der Waals surface area contributed by atoms with Crippen LogP contribution < -0.4 is 4.90 Å². The maximum Gasteiger partial charge on any atom is 0.416 e. The van der Waals surface area contributed by atoms with E-state index in [0.29, 0.717) is 31.9 Å². The summed E-state index contributed by atoms with van der Waals surface area (Å²) in [6, 6.07) is 19.0. The van der Waals surface area contributed by atoms with Crippen molar-refractivity contribution in [1.82, 2.24) is 9.80 Å². The average molecular weight is 596 g/mol. The first kappa shape index (κ1) is 30.4. The van der Waals surface area contributed by atoms with Gasteiger partial charge in [-0.15, -0.1) is 0 Å². The van der Waals surface area contributed by atoms with Crippen molar-refractivity contribution in [1.29, 1.82) is 0 Å². The fraction of sp³-hybridized carbons (Fsp3) is 0.394. The standard InChI is InChI=1S/C33H36F3N3O4/c1-32(2,3)43-31(42)39-16-15-37(21-29(39)30(40)41)19-22-7-9-24(10-8-22)26-6-4-5-23(17-26)20-38-14-13-25-11-12-27(18-28(25)38)33(34,35)36/h4-12,17-18,29H,13-16,19-21H2,1-3H3,(H,40,41). The molecule has 0 aromatic heterocycles. The lowest BCUT2D eigenvalue weighted by molar-refractivity contribution is -0.145. The summed E-state index contributed by atoms with van der Waals surface area (Å²) in [4.78, 5) is 29.8. The Morgan fingerprint density at radius 2 is 1.63 bits per heavy atom. The summed E-state index contributed by atoms with van der Waals surface area (Å²) < 4.78 is 45.3. The summed E-state index contributed by atoms with van der Waals surface area (Å²) in [5.74, 6) is -1.07. The van der Waals surface area contributed by atoms with Crippen LogP contribution in [-0.2, 0) is 35.2 Å². The number of aliphatic carboxylic acids is 1. The molecular formula is C33H36F3N3O4. The van der Waals surface area contributed by atoms with Gasteiger partial charge in [0.15, 0.2) is 0 Å². The maximum absolute atomic E-state index is 13.3. The smallest absolute Gasteiger partial charge is 0.416 e. The Morgan fingerprint density at radius 3 is 2.30 bits per heavy atom. The number of carboxylic acids is 1. The Hall–Kier alpha value is -4.05. The van der Waals surface area contributed by atoms with E-state index in [1.165, 1.54) is 11.0 Å². The van der Waals surface area contributed by atoms with E-state index in [1.807, 2.05) is 52.3 Å². The van der Waals surface area contributed by atoms with Gasteiger partial charge >= 0.3 is 18.2 Å². The molecule has 5 rings (SSSR count). The highest BCUT2D eigenvalue weighted by molar-refractivity contribution is 5.80. The fourth-order valence-corrected chi connectivity index (χ4v) is 5.65. The molecule has 1 fully saturated rings. The van der Waals surface area contributed by atoms with E-state index in [0.717, 1.165) is 40.3 Å². The van der Waals surface area contributed by atoms with Crippen LogP contribution in [0, 0.1) is 0 Å². The molecule has 3 aromatic rings. The number of fused-ring (bicyclic) bond motifs is 1. The predicted molar refractivity (Wildman–Crippen MR) is 158 cm³/mol. The van der Waals surface area contributed by atoms with Crippen molar-refractivity contribution in [2.75, 3.05) is 31.1 Å². The van der Waals surface area contributed by atoms with Gasteiger partial charge in [-0.05, 0) is 73.2 Å². The molecular weight excluding hydrogens is 559 g/mol. The number of amides is 1. The van der Waals surface area contributed by atoms with Crippen LogP contribution in [0.5, 0.6) is 0 Å². The molecule has 0 aliphatic carbocycles. The first-order valence-electron chi connectivity index (χ1n) is 14.3. The highest BCUT2D eigenvalue weighted by atomic mass is 19.4. The zero-order valence-electron chi connectivity index (χ0n) is 24.5. The minimum Gasteiger partial charge on any atom is -0.480 e. The van der Waals surface area contributed by atoms with Crippen LogP contribution in [0.3, 0.4) is 0 Å². The van der Waals surface area contributed by atoms with Crippen LogP contribution in [0.2, 0.25) is 0 Å². The Labute approximate surface area is 249 Å². The lowest BCUT2D eigenvalue weighted by atomic mass is 10.0. The van der Waals surface area contributed by atoms with E-state index in [9.17, 15) is 27.9 Å². The number of halogens is 3. The zero-order chi connectivity index (χ0) is 30.9. The van der Waals surface area contributed by atoms with Gasteiger partial charge in [0.1, 0.15) is 11.6 Å². The second-order valence-corrected chi connectivity index (χ2v) is 12.2. The third-order valence-electron chi connectivity index (χ3n) is 7.78. The number of carbonyl (C=O) groups is 2. The Kier molecular flexibility index (Phi) is 8.42. The van der Waals surface area contributed by atoms with Crippen LogP contribution in [0.25, 0.3) is 11.1 Å². The zero-order valence-corrected chi connectivity index (χ0v) is 24.5. The number of carboxylic acid groups (broad SMARTS) is 1. The van der Waals surface area contributed by atoms with Gasteiger partial charge in [-0.3, -0.25) is 9.80 Å². The minimum atomic E-state index is -4.37. The molecule has 0 bridgehead atoms. The molecule has 1 saturated heterocycles. The van der Waals surface area contributed by atoms with Gasteiger partial charge in [-0.25, -0.2) is 9.59 Å². The van der Waals surface area contributed by atoms with E-state index in [4.69, 9.17) is 4.74 Å². The van der Waals surface area contributed by atoms with Crippen LogP contribution in [-0.4, -0.2) is 64.8 Å². The van der Waals surface area contributed by atoms with E-state index < -0.39 is 35.4 Å². The molecule has 1 amide bonds. The minimum absolute atomic E-state index is 0.197. The van der Waals surface area contributed by atoms with Crippen LogP contribution in [0.4, 0.5) is 23.7 Å². The molecule has 2 aliphatic rings. The topological polar surface area (TPSA) is 73.3 Å². The third kappa shape index (κ3) is 7.30. The molecule has 1 unspecified atom stereocenters. The molecule has 7 nitrogen and oxygen atoms in total. The second-order valence-electron chi connectivity index (χ2n) is 12.2. The van der Waals surface area contributed by atoms with Crippen molar-refractivity contribution >= 4 is 17.7 Å². The van der Waals surface area contributed by atoms with Crippen molar-refractivity contribution in [2.45, 2.75) is 58.1 Å². The molecule has 1 N–H and O–H groups in total. The largest absolute Gasteiger partial charge is 0.480 e. The first-order chi connectivity index (χ1) is 20.3. The van der Waals surface area contributed by atoms with E-state index in [2.05, 4.69) is 6.07 Å². The van der Waals surface area contributed by atoms with Gasteiger partial charge in [0.25, 0.3) is 0 Å². The molecule has 1 atom stereocenters. The number of anilines is 1. The second kappa shape index (κ2) is 11.9. The van der Waals surface area contributed by atoms with Crippen molar-refractivity contribution in [3.05, 3.63) is 89.0 Å².